The molecule has 0 nitrogen and oxygen atoms in total. The van der Waals surface area contributed by atoms with Crippen molar-refractivity contribution in [1.82, 2.24) is 0 Å². The van der Waals surface area contributed by atoms with Crippen molar-refractivity contribution in [2.45, 2.75) is 41.5 Å². The molecule has 46 heavy (non-hydrogen) atoms. The van der Waals surface area contributed by atoms with Crippen LogP contribution in [0.5, 0.6) is 0 Å². The summed E-state index contributed by atoms with van der Waals surface area (Å²) in [7, 11) is 0. The van der Waals surface area contributed by atoms with Crippen LogP contribution in [0.4, 0.5) is 0 Å². The van der Waals surface area contributed by atoms with Gasteiger partial charge >= 0.3 is 0 Å². The predicted molar refractivity (Wildman–Crippen MR) is 255 cm³/mol. The molecule has 6 aliphatic heterocycles. The van der Waals surface area contributed by atoms with Crippen LogP contribution in [-0.4, -0.2) is 22.7 Å². The summed E-state index contributed by atoms with van der Waals surface area (Å²) >= 11 is 35.6. The Balaban J connectivity index is 1.10. The zero-order valence-electron chi connectivity index (χ0n) is 25.8. The second kappa shape index (κ2) is 18.5. The first-order valence-corrected chi connectivity index (χ1v) is 29.5. The first kappa shape index (κ1) is 39.6. The van der Waals surface area contributed by atoms with E-state index in [1.54, 1.807) is 0 Å². The van der Waals surface area contributed by atoms with Gasteiger partial charge in [0.05, 0.1) is 50.8 Å². The molecule has 0 saturated carbocycles. The summed E-state index contributed by atoms with van der Waals surface area (Å²) in [5, 5.41) is 2.08. The van der Waals surface area contributed by atoms with Gasteiger partial charge in [-0.15, -0.1) is 70.6 Å². The molecular formula is C28H28S18. The number of thioether (sulfide) groups is 18. The Morgan fingerprint density at radius 3 is 0.739 bits per heavy atom. The summed E-state index contributed by atoms with van der Waals surface area (Å²) in [5.41, 5.74) is 0. The van der Waals surface area contributed by atoms with Crippen molar-refractivity contribution in [3.05, 3.63) is 80.3 Å². The van der Waals surface area contributed by atoms with Crippen molar-refractivity contribution >= 4 is 212 Å². The molecule has 0 fully saturated rings. The molecule has 0 amide bonds. The van der Waals surface area contributed by atoms with Crippen molar-refractivity contribution in [3.63, 3.8) is 0 Å². The van der Waals surface area contributed by atoms with Gasteiger partial charge < -0.3 is 0 Å². The zero-order chi connectivity index (χ0) is 32.5. The van der Waals surface area contributed by atoms with Crippen LogP contribution in [0.2, 0.25) is 0 Å². The quantitative estimate of drug-likeness (QED) is 0.191. The highest BCUT2D eigenvalue weighted by atomic mass is 32.3. The lowest BCUT2D eigenvalue weighted by atomic mass is 10.6. The Kier molecular flexibility index (Phi) is 16.0. The molecule has 0 spiro atoms. The molecule has 248 valence electrons. The van der Waals surface area contributed by atoms with Crippen LogP contribution in [0, 0.1) is 0 Å². The van der Waals surface area contributed by atoms with E-state index in [1.165, 1.54) is 80.3 Å². The highest BCUT2D eigenvalue weighted by Gasteiger charge is 2.32. The number of hydrogen-bond acceptors (Lipinski definition) is 18. The van der Waals surface area contributed by atoms with E-state index in [1.807, 2.05) is 212 Å². The van der Waals surface area contributed by atoms with Crippen molar-refractivity contribution in [3.8, 4) is 0 Å². The van der Waals surface area contributed by atoms with Gasteiger partial charge in [-0.3, -0.25) is 0 Å². The van der Waals surface area contributed by atoms with Gasteiger partial charge in [0, 0.05) is 10.2 Å². The maximum atomic E-state index is 2.26. The first-order valence-electron chi connectivity index (χ1n) is 13.3. The standard InChI is InChI=1S/C28H28S18/c1-11-12(2)36-23(35-11)26-41-17(29-7)19(43-26)31-9-33-21-22(46-28(45-21)25-39-15(5)16(6)40-25)34-10-32-20-18(30-8)42-27(44-20)24-37-13(3)14(4)38-24/h9-10H2,1-8H3. The predicted octanol–water partition coefficient (Wildman–Crippen LogP) is 18.0. The van der Waals surface area contributed by atoms with E-state index in [-0.39, 0.29) is 0 Å². The van der Waals surface area contributed by atoms with E-state index < -0.39 is 0 Å². The van der Waals surface area contributed by atoms with E-state index in [0.717, 1.165) is 10.2 Å². The molecule has 0 atom stereocenters. The van der Waals surface area contributed by atoms with Crippen LogP contribution in [0.25, 0.3) is 0 Å². The van der Waals surface area contributed by atoms with Crippen molar-refractivity contribution in [2.24, 2.45) is 0 Å². The second-order valence-corrected chi connectivity index (χ2v) is 32.1. The highest BCUT2D eigenvalue weighted by molar-refractivity contribution is 8.47. The minimum Gasteiger partial charge on any atom is -0.121 e. The fourth-order valence-corrected chi connectivity index (χ4v) is 29.8. The molecule has 0 saturated heterocycles. The van der Waals surface area contributed by atoms with Gasteiger partial charge in [-0.05, 0) is 83.5 Å². The molecule has 18 heteroatoms. The molecule has 6 heterocycles. The number of allylic oxidation sites excluding steroid dienone is 6. The van der Waals surface area contributed by atoms with Gasteiger partial charge in [0.1, 0.15) is 0 Å². The third kappa shape index (κ3) is 9.79. The van der Waals surface area contributed by atoms with Crippen LogP contribution in [0.3, 0.4) is 0 Å². The zero-order valence-corrected chi connectivity index (χ0v) is 40.5. The Morgan fingerprint density at radius 2 is 0.500 bits per heavy atom. The van der Waals surface area contributed by atoms with Crippen molar-refractivity contribution < 1.29 is 0 Å². The Morgan fingerprint density at radius 1 is 0.304 bits per heavy atom. The smallest absolute Gasteiger partial charge is 0.0717 e. The van der Waals surface area contributed by atoms with Crippen LogP contribution in [0.15, 0.2) is 80.3 Å². The molecule has 0 radical (unpaired) electrons. The molecule has 0 aliphatic carbocycles. The van der Waals surface area contributed by atoms with E-state index in [4.69, 9.17) is 0 Å². The maximum absolute atomic E-state index is 2.26. The summed E-state index contributed by atoms with van der Waals surface area (Å²) in [6.45, 7) is 13.5. The Labute approximate surface area is 351 Å². The van der Waals surface area contributed by atoms with Crippen molar-refractivity contribution in [2.75, 3.05) is 22.7 Å². The van der Waals surface area contributed by atoms with Gasteiger partial charge in [-0.25, -0.2) is 0 Å². The molecule has 6 aliphatic rings. The lowest BCUT2D eigenvalue weighted by Gasteiger charge is -2.07. The van der Waals surface area contributed by atoms with Crippen molar-refractivity contribution in [1.29, 1.82) is 0 Å². The summed E-state index contributed by atoms with van der Waals surface area (Å²) in [4.78, 5) is 8.69. The molecule has 6 rings (SSSR count). The first-order chi connectivity index (χ1) is 22.1. The number of rotatable bonds is 10. The van der Waals surface area contributed by atoms with Gasteiger partial charge in [-0.1, -0.05) is 141 Å². The molecular weight excluding hydrogens is 914 g/mol. The monoisotopic (exact) mass is 940 g/mol. The van der Waals surface area contributed by atoms with Crippen LogP contribution in [-0.2, 0) is 0 Å². The minimum absolute atomic E-state index is 1.04. The lowest BCUT2D eigenvalue weighted by molar-refractivity contribution is 1.57. The molecule has 0 unspecified atom stereocenters. The normalized spacial score (nSPS) is 23.0. The average Bonchev–Trinajstić information content (AvgIpc) is 3.88. The molecule has 0 aromatic carbocycles. The average molecular weight is 942 g/mol. The molecule has 0 N–H and O–H groups in total. The largest absolute Gasteiger partial charge is 0.121 e. The summed E-state index contributed by atoms with van der Waals surface area (Å²) in [5.74, 6) is 0. The van der Waals surface area contributed by atoms with Gasteiger partial charge in [0.2, 0.25) is 0 Å². The van der Waals surface area contributed by atoms with Gasteiger partial charge in [0.15, 0.2) is 0 Å². The lowest BCUT2D eigenvalue weighted by Crippen LogP contribution is -1.77. The third-order valence-electron chi connectivity index (χ3n) is 6.21. The van der Waals surface area contributed by atoms with E-state index >= 15 is 0 Å². The Bertz CT molecular complexity index is 1470. The van der Waals surface area contributed by atoms with Crippen LogP contribution < -0.4 is 0 Å². The van der Waals surface area contributed by atoms with Crippen LogP contribution in [0.1, 0.15) is 41.5 Å². The summed E-state index contributed by atoms with van der Waals surface area (Å²) < 4.78 is 17.6. The maximum Gasteiger partial charge on any atom is 0.0717 e. The second-order valence-electron chi connectivity index (χ2n) is 9.23. The fourth-order valence-electron chi connectivity index (χ4n) is 3.52. The van der Waals surface area contributed by atoms with E-state index in [2.05, 4.69) is 54.1 Å². The van der Waals surface area contributed by atoms with E-state index in [0.29, 0.717) is 0 Å². The molecule has 0 aromatic rings. The topological polar surface area (TPSA) is 0 Å². The van der Waals surface area contributed by atoms with Gasteiger partial charge in [0.25, 0.3) is 0 Å². The van der Waals surface area contributed by atoms with Crippen LogP contribution >= 0.6 is 212 Å². The van der Waals surface area contributed by atoms with E-state index in [9.17, 15) is 0 Å². The third-order valence-corrected chi connectivity index (χ3v) is 32.2. The minimum atomic E-state index is 1.04. The summed E-state index contributed by atoms with van der Waals surface area (Å²) in [6, 6.07) is 0. The SMILES string of the molecule is CSC1=C(SCSC2=C(SCSC3=C(SC)SC(=C4SC(C)=C(C)S4)S3)SC(=C3SC(C)=C(C)S3)S2)SC(=C2SC(C)=C(C)S2)S1. The highest BCUT2D eigenvalue weighted by Crippen LogP contribution is 2.67. The Hall–Kier alpha value is 3.96. The molecule has 0 bridgehead atoms. The van der Waals surface area contributed by atoms with Gasteiger partial charge in [-0.2, -0.15) is 0 Å². The fraction of sp³-hybridized carbons (Fsp3) is 0.357. The molecule has 0 aromatic heterocycles. The summed E-state index contributed by atoms with van der Waals surface area (Å²) in [6.07, 6.45) is 4.45. The number of hydrogen-bond donors (Lipinski definition) is 0.